The molecule has 3 aliphatic rings. The molecule has 3 fully saturated rings. The van der Waals surface area contributed by atoms with Crippen LogP contribution in [0.5, 0.6) is 11.5 Å². The monoisotopic (exact) mass is 550 g/mol. The number of hydrogen-bond donors (Lipinski definition) is 3. The maximum atomic E-state index is 13.5. The van der Waals surface area contributed by atoms with E-state index in [-0.39, 0.29) is 65.1 Å². The summed E-state index contributed by atoms with van der Waals surface area (Å²) in [5.41, 5.74) is -0.522. The highest BCUT2D eigenvalue weighted by atomic mass is 35.5. The molecular weight excluding hydrogens is 515 g/mol. The van der Waals surface area contributed by atoms with Gasteiger partial charge >= 0.3 is 5.97 Å². The fourth-order valence-corrected chi connectivity index (χ4v) is 6.45. The Morgan fingerprint density at radius 3 is 2.47 bits per heavy atom. The Bertz CT molecular complexity index is 1100. The van der Waals surface area contributed by atoms with Crippen LogP contribution in [0.15, 0.2) is 24.5 Å². The van der Waals surface area contributed by atoms with Crippen molar-refractivity contribution in [1.82, 2.24) is 10.6 Å². The molecule has 0 aliphatic heterocycles. The highest BCUT2D eigenvalue weighted by molar-refractivity contribution is 6.32. The van der Waals surface area contributed by atoms with Gasteiger partial charge in [0.1, 0.15) is 11.5 Å². The van der Waals surface area contributed by atoms with E-state index in [0.29, 0.717) is 31.4 Å². The molecule has 0 saturated heterocycles. The molecule has 10 heteroatoms. The van der Waals surface area contributed by atoms with E-state index in [9.17, 15) is 23.9 Å². The number of halogens is 2. The number of ether oxygens (including phenoxy) is 2. The van der Waals surface area contributed by atoms with Crippen LogP contribution >= 0.6 is 11.6 Å². The van der Waals surface area contributed by atoms with Gasteiger partial charge in [-0.3, -0.25) is 14.4 Å². The molecule has 208 valence electrons. The number of fused-ring (bicyclic) bond motifs is 2. The van der Waals surface area contributed by atoms with Crippen molar-refractivity contribution in [2.24, 2.45) is 23.2 Å². The first-order valence-corrected chi connectivity index (χ1v) is 13.6. The van der Waals surface area contributed by atoms with Gasteiger partial charge in [-0.15, -0.1) is 0 Å². The number of carbonyl (C=O) groups excluding carboxylic acids is 2. The SMILES string of the molecule is C=C(F)CCNC(=O)[C@H]1[C@@H]2CC[C@@H](C2)[C@H]1NC(=O)c1cc(OC2CCC(C)(C(=O)O)CC2)c(Cl)cc1OC. The minimum absolute atomic E-state index is 0.0604. The fraction of sp³-hybridized carbons (Fsp3) is 0.607. The van der Waals surface area contributed by atoms with E-state index in [2.05, 4.69) is 17.2 Å². The van der Waals surface area contributed by atoms with Crippen molar-refractivity contribution >= 4 is 29.4 Å². The Morgan fingerprint density at radius 1 is 1.16 bits per heavy atom. The second-order valence-corrected chi connectivity index (χ2v) is 11.5. The summed E-state index contributed by atoms with van der Waals surface area (Å²) in [5, 5.41) is 15.6. The fourth-order valence-electron chi connectivity index (χ4n) is 6.26. The van der Waals surface area contributed by atoms with Gasteiger partial charge in [-0.1, -0.05) is 18.2 Å². The number of methoxy groups -OCH3 is 1. The van der Waals surface area contributed by atoms with Gasteiger partial charge in [-0.2, -0.15) is 0 Å². The number of benzene rings is 1. The zero-order valence-electron chi connectivity index (χ0n) is 21.9. The van der Waals surface area contributed by atoms with Gasteiger partial charge in [0, 0.05) is 25.1 Å². The Morgan fingerprint density at radius 2 is 1.84 bits per heavy atom. The first kappa shape index (κ1) is 28.2. The number of aliphatic carboxylic acids is 1. The summed E-state index contributed by atoms with van der Waals surface area (Å²) in [7, 11) is 1.45. The van der Waals surface area contributed by atoms with Crippen molar-refractivity contribution in [2.45, 2.75) is 70.4 Å². The van der Waals surface area contributed by atoms with Crippen molar-refractivity contribution in [3.63, 3.8) is 0 Å². The second kappa shape index (κ2) is 11.5. The van der Waals surface area contributed by atoms with E-state index < -0.39 is 23.1 Å². The minimum Gasteiger partial charge on any atom is -0.496 e. The van der Waals surface area contributed by atoms with Gasteiger partial charge in [-0.05, 0) is 69.8 Å². The Balaban J connectivity index is 1.47. The number of nitrogens with one attached hydrogen (secondary N) is 2. The summed E-state index contributed by atoms with van der Waals surface area (Å²) in [5.74, 6) is -1.27. The maximum Gasteiger partial charge on any atom is 0.309 e. The van der Waals surface area contributed by atoms with E-state index in [1.807, 2.05) is 0 Å². The average Bonchev–Trinajstić information content (AvgIpc) is 3.48. The van der Waals surface area contributed by atoms with E-state index in [0.717, 1.165) is 19.3 Å². The number of rotatable bonds is 10. The average molecular weight is 551 g/mol. The molecule has 1 aromatic carbocycles. The predicted octanol–water partition coefficient (Wildman–Crippen LogP) is 4.89. The third-order valence-corrected chi connectivity index (χ3v) is 8.85. The molecule has 0 unspecified atom stereocenters. The summed E-state index contributed by atoms with van der Waals surface area (Å²) < 4.78 is 24.6. The van der Waals surface area contributed by atoms with Crippen LogP contribution in [0.3, 0.4) is 0 Å². The summed E-state index contributed by atoms with van der Waals surface area (Å²) >= 11 is 6.45. The van der Waals surface area contributed by atoms with E-state index in [1.54, 1.807) is 13.0 Å². The Hall–Kier alpha value is -2.81. The van der Waals surface area contributed by atoms with Gasteiger partial charge < -0.3 is 25.2 Å². The van der Waals surface area contributed by atoms with Crippen LogP contribution in [-0.2, 0) is 9.59 Å². The molecule has 0 heterocycles. The lowest BCUT2D eigenvalue weighted by Gasteiger charge is -2.34. The van der Waals surface area contributed by atoms with Crippen molar-refractivity contribution in [3.8, 4) is 11.5 Å². The smallest absolute Gasteiger partial charge is 0.309 e. The number of carboxylic acid groups (broad SMARTS) is 1. The zero-order chi connectivity index (χ0) is 27.6. The highest BCUT2D eigenvalue weighted by Gasteiger charge is 2.51. The second-order valence-electron chi connectivity index (χ2n) is 11.1. The first-order valence-electron chi connectivity index (χ1n) is 13.2. The van der Waals surface area contributed by atoms with E-state index >= 15 is 0 Å². The molecule has 0 aromatic heterocycles. The number of amides is 2. The zero-order valence-corrected chi connectivity index (χ0v) is 22.6. The molecule has 3 aliphatic carbocycles. The van der Waals surface area contributed by atoms with Crippen LogP contribution in [0.25, 0.3) is 0 Å². The molecular formula is C28H36ClFN2O6. The van der Waals surface area contributed by atoms with Gasteiger partial charge in [0.05, 0.1) is 41.0 Å². The van der Waals surface area contributed by atoms with Gasteiger partial charge in [0.25, 0.3) is 5.91 Å². The van der Waals surface area contributed by atoms with E-state index in [1.165, 1.54) is 13.2 Å². The number of carbonyl (C=O) groups is 3. The van der Waals surface area contributed by atoms with Crippen LogP contribution in [0.2, 0.25) is 5.02 Å². The number of hydrogen-bond acceptors (Lipinski definition) is 5. The molecule has 3 N–H and O–H groups in total. The molecule has 1 aromatic rings. The van der Waals surface area contributed by atoms with Gasteiger partial charge in [-0.25, -0.2) is 4.39 Å². The number of carboxylic acids is 1. The van der Waals surface area contributed by atoms with Gasteiger partial charge in [0.15, 0.2) is 0 Å². The normalized spacial score (nSPS) is 29.9. The molecule has 8 nitrogen and oxygen atoms in total. The first-order chi connectivity index (χ1) is 18.0. The van der Waals surface area contributed by atoms with Crippen LogP contribution < -0.4 is 20.1 Å². The van der Waals surface area contributed by atoms with Crippen molar-refractivity contribution in [2.75, 3.05) is 13.7 Å². The van der Waals surface area contributed by atoms with Crippen LogP contribution in [0.4, 0.5) is 4.39 Å². The molecule has 2 amide bonds. The molecule has 0 spiro atoms. The Kier molecular flexibility index (Phi) is 8.55. The van der Waals surface area contributed by atoms with E-state index in [4.69, 9.17) is 21.1 Å². The van der Waals surface area contributed by atoms with Crippen LogP contribution in [0.1, 0.15) is 68.6 Å². The van der Waals surface area contributed by atoms with Crippen molar-refractivity contribution in [3.05, 3.63) is 35.1 Å². The topological polar surface area (TPSA) is 114 Å². The third-order valence-electron chi connectivity index (χ3n) is 8.56. The molecule has 2 bridgehead atoms. The van der Waals surface area contributed by atoms with Crippen molar-refractivity contribution in [1.29, 1.82) is 0 Å². The molecule has 38 heavy (non-hydrogen) atoms. The quantitative estimate of drug-likeness (QED) is 0.382. The summed E-state index contributed by atoms with van der Waals surface area (Å²) in [6.45, 7) is 5.14. The van der Waals surface area contributed by atoms with Gasteiger partial charge in [0.2, 0.25) is 5.91 Å². The summed E-state index contributed by atoms with van der Waals surface area (Å²) in [6, 6.07) is 2.74. The third kappa shape index (κ3) is 5.92. The lowest BCUT2D eigenvalue weighted by Crippen LogP contribution is -2.50. The highest BCUT2D eigenvalue weighted by Crippen LogP contribution is 2.49. The summed E-state index contributed by atoms with van der Waals surface area (Å²) in [4.78, 5) is 38.0. The predicted molar refractivity (Wildman–Crippen MR) is 140 cm³/mol. The van der Waals surface area contributed by atoms with Crippen LogP contribution in [-0.4, -0.2) is 48.7 Å². The minimum atomic E-state index is -0.808. The summed E-state index contributed by atoms with van der Waals surface area (Å²) in [6.07, 6.45) is 4.66. The van der Waals surface area contributed by atoms with Crippen molar-refractivity contribution < 1.29 is 33.4 Å². The molecule has 0 radical (unpaired) electrons. The maximum absolute atomic E-state index is 13.5. The molecule has 4 atom stereocenters. The standard InChI is InChI=1S/C28H36ClFN2O6/c1-15(30)8-11-31-26(34)23-16-4-5-17(12-16)24(23)32-25(33)19-13-22(20(29)14-21(19)37-3)38-18-6-9-28(2,10-7-18)27(35)36/h13-14,16-18,23-24H,1,4-12H2,2-3H3,(H,31,34)(H,32,33)(H,35,36)/t16-,17+,18?,23+,24-,28?/m1/s1. The lowest BCUT2D eigenvalue weighted by atomic mass is 9.75. The Labute approximate surface area is 227 Å². The molecule has 3 saturated carbocycles. The largest absolute Gasteiger partial charge is 0.496 e. The molecule has 4 rings (SSSR count). The van der Waals surface area contributed by atoms with Crippen LogP contribution in [0, 0.1) is 23.2 Å². The lowest BCUT2D eigenvalue weighted by molar-refractivity contribution is -0.150.